The largest absolute Gasteiger partial charge is 0.478 e. The van der Waals surface area contributed by atoms with Gasteiger partial charge in [-0.15, -0.1) is 24.0 Å². The number of aliphatic imine (C=N–C) groups is 1. The van der Waals surface area contributed by atoms with E-state index in [0.717, 1.165) is 24.5 Å². The van der Waals surface area contributed by atoms with Gasteiger partial charge in [0.25, 0.3) is 0 Å². The molecule has 0 aliphatic heterocycles. The Kier molecular flexibility index (Phi) is 10.8. The van der Waals surface area contributed by atoms with Crippen LogP contribution in [0.2, 0.25) is 0 Å². The number of halogens is 1. The molecule has 1 heterocycles. The molecule has 1 fully saturated rings. The van der Waals surface area contributed by atoms with Crippen molar-refractivity contribution in [1.82, 2.24) is 15.6 Å². The molecule has 0 unspecified atom stereocenters. The number of pyridine rings is 1. The third-order valence-electron chi connectivity index (χ3n) is 3.96. The number of nitrogens with zero attached hydrogens (tertiary/aromatic N) is 2. The third kappa shape index (κ3) is 7.68. The first kappa shape index (κ1) is 21.0. The van der Waals surface area contributed by atoms with E-state index in [0.29, 0.717) is 25.1 Å². The van der Waals surface area contributed by atoms with Gasteiger partial charge in [-0.3, -0.25) is 0 Å². The van der Waals surface area contributed by atoms with Gasteiger partial charge in [0, 0.05) is 24.8 Å². The van der Waals surface area contributed by atoms with Crippen LogP contribution in [0.3, 0.4) is 0 Å². The van der Waals surface area contributed by atoms with E-state index in [1.54, 1.807) is 0 Å². The third-order valence-corrected chi connectivity index (χ3v) is 3.96. The molecule has 0 saturated heterocycles. The van der Waals surface area contributed by atoms with Gasteiger partial charge in [-0.2, -0.15) is 0 Å². The molecule has 136 valence electrons. The average Bonchev–Trinajstić information content (AvgIpc) is 2.60. The molecule has 1 aliphatic carbocycles. The summed E-state index contributed by atoms with van der Waals surface area (Å²) in [5.41, 5.74) is 1.09. The summed E-state index contributed by atoms with van der Waals surface area (Å²) in [6, 6.07) is 4.51. The van der Waals surface area contributed by atoms with Crippen LogP contribution in [0.25, 0.3) is 0 Å². The molecule has 5 nitrogen and oxygen atoms in total. The van der Waals surface area contributed by atoms with Crippen LogP contribution < -0.4 is 15.4 Å². The minimum atomic E-state index is 0. The zero-order chi connectivity index (χ0) is 16.3. The molecule has 0 radical (unpaired) electrons. The second-order valence-corrected chi connectivity index (χ2v) is 6.03. The zero-order valence-electron chi connectivity index (χ0n) is 14.9. The zero-order valence-corrected chi connectivity index (χ0v) is 17.2. The van der Waals surface area contributed by atoms with Crippen molar-refractivity contribution in [3.8, 4) is 5.88 Å². The van der Waals surface area contributed by atoms with Crippen molar-refractivity contribution >= 4 is 29.9 Å². The standard InChI is InChI=1S/C18H30N4O.HI/c1-3-12-23-17-11-10-15(13-20-17)14-21-18(19-4-2)22-16-8-6-5-7-9-16;/h10-11,13,16H,3-9,12,14H2,1-2H3,(H2,19,21,22);1H. The number of guanidine groups is 1. The van der Waals surface area contributed by atoms with Gasteiger partial charge in [0.1, 0.15) is 0 Å². The summed E-state index contributed by atoms with van der Waals surface area (Å²) < 4.78 is 5.50. The molecule has 1 aromatic heterocycles. The van der Waals surface area contributed by atoms with E-state index in [9.17, 15) is 0 Å². The normalized spacial score (nSPS) is 15.5. The van der Waals surface area contributed by atoms with E-state index in [4.69, 9.17) is 4.74 Å². The van der Waals surface area contributed by atoms with E-state index in [-0.39, 0.29) is 24.0 Å². The Balaban J connectivity index is 0.00000288. The van der Waals surface area contributed by atoms with E-state index in [1.807, 2.05) is 18.3 Å². The minimum Gasteiger partial charge on any atom is -0.478 e. The monoisotopic (exact) mass is 446 g/mol. The first-order valence-corrected chi connectivity index (χ1v) is 8.94. The van der Waals surface area contributed by atoms with Crippen molar-refractivity contribution in [2.24, 2.45) is 4.99 Å². The molecule has 1 aliphatic rings. The van der Waals surface area contributed by atoms with Crippen LogP contribution in [0.5, 0.6) is 5.88 Å². The molecule has 1 aromatic rings. The maximum Gasteiger partial charge on any atom is 0.213 e. The van der Waals surface area contributed by atoms with E-state index < -0.39 is 0 Å². The van der Waals surface area contributed by atoms with Gasteiger partial charge in [-0.25, -0.2) is 9.98 Å². The van der Waals surface area contributed by atoms with Crippen LogP contribution in [0, 0.1) is 0 Å². The van der Waals surface area contributed by atoms with Crippen molar-refractivity contribution in [2.75, 3.05) is 13.2 Å². The predicted octanol–water partition coefficient (Wildman–Crippen LogP) is 3.88. The van der Waals surface area contributed by atoms with Crippen molar-refractivity contribution in [3.63, 3.8) is 0 Å². The summed E-state index contributed by atoms with van der Waals surface area (Å²) in [5, 5.41) is 6.89. The summed E-state index contributed by atoms with van der Waals surface area (Å²) in [7, 11) is 0. The van der Waals surface area contributed by atoms with Crippen LogP contribution in [-0.4, -0.2) is 30.1 Å². The fraction of sp³-hybridized carbons (Fsp3) is 0.667. The van der Waals surface area contributed by atoms with Gasteiger partial charge >= 0.3 is 0 Å². The maximum atomic E-state index is 5.50. The lowest BCUT2D eigenvalue weighted by Crippen LogP contribution is -2.44. The maximum absolute atomic E-state index is 5.50. The Morgan fingerprint density at radius 2 is 2.04 bits per heavy atom. The van der Waals surface area contributed by atoms with Crippen molar-refractivity contribution in [2.45, 2.75) is 65.0 Å². The highest BCUT2D eigenvalue weighted by Crippen LogP contribution is 2.17. The van der Waals surface area contributed by atoms with Crippen molar-refractivity contribution in [1.29, 1.82) is 0 Å². The highest BCUT2D eigenvalue weighted by Gasteiger charge is 2.14. The minimum absolute atomic E-state index is 0. The molecule has 1 saturated carbocycles. The van der Waals surface area contributed by atoms with E-state index >= 15 is 0 Å². The number of aromatic nitrogens is 1. The summed E-state index contributed by atoms with van der Waals surface area (Å²) in [4.78, 5) is 9.01. The second-order valence-electron chi connectivity index (χ2n) is 6.03. The molecule has 0 atom stereocenters. The highest BCUT2D eigenvalue weighted by molar-refractivity contribution is 14.0. The van der Waals surface area contributed by atoms with Crippen LogP contribution in [-0.2, 0) is 6.54 Å². The Bertz CT molecular complexity index is 472. The summed E-state index contributed by atoms with van der Waals surface area (Å²) in [5.74, 6) is 1.59. The Labute approximate surface area is 163 Å². The van der Waals surface area contributed by atoms with Gasteiger partial charge in [0.15, 0.2) is 5.96 Å². The molecule has 0 amide bonds. The van der Waals surface area contributed by atoms with Gasteiger partial charge in [0.2, 0.25) is 5.88 Å². The predicted molar refractivity (Wildman–Crippen MR) is 110 cm³/mol. The topological polar surface area (TPSA) is 58.5 Å². The number of hydrogen-bond donors (Lipinski definition) is 2. The second kappa shape index (κ2) is 12.3. The lowest BCUT2D eigenvalue weighted by molar-refractivity contribution is 0.305. The van der Waals surface area contributed by atoms with Gasteiger partial charge in [-0.1, -0.05) is 32.3 Å². The Hall–Kier alpha value is -1.05. The first-order valence-electron chi connectivity index (χ1n) is 8.94. The molecule has 24 heavy (non-hydrogen) atoms. The van der Waals surface area contributed by atoms with Crippen LogP contribution in [0.4, 0.5) is 0 Å². The Morgan fingerprint density at radius 3 is 2.67 bits per heavy atom. The first-order chi connectivity index (χ1) is 11.3. The highest BCUT2D eigenvalue weighted by atomic mass is 127. The van der Waals surface area contributed by atoms with Crippen LogP contribution in [0.1, 0.15) is 57.9 Å². The summed E-state index contributed by atoms with van der Waals surface area (Å²) in [6.45, 7) is 6.40. The molecule has 0 spiro atoms. The summed E-state index contributed by atoms with van der Waals surface area (Å²) >= 11 is 0. The smallest absolute Gasteiger partial charge is 0.213 e. The summed E-state index contributed by atoms with van der Waals surface area (Å²) in [6.07, 6.45) is 9.33. The van der Waals surface area contributed by atoms with Gasteiger partial charge in [-0.05, 0) is 31.7 Å². The number of hydrogen-bond acceptors (Lipinski definition) is 3. The Morgan fingerprint density at radius 1 is 1.25 bits per heavy atom. The molecular weight excluding hydrogens is 415 g/mol. The van der Waals surface area contributed by atoms with Crippen LogP contribution in [0.15, 0.2) is 23.3 Å². The molecule has 0 bridgehead atoms. The van der Waals surface area contributed by atoms with Crippen LogP contribution >= 0.6 is 24.0 Å². The van der Waals surface area contributed by atoms with E-state index in [2.05, 4.69) is 34.5 Å². The van der Waals surface area contributed by atoms with Gasteiger partial charge < -0.3 is 15.4 Å². The average molecular weight is 446 g/mol. The molecule has 0 aromatic carbocycles. The lowest BCUT2D eigenvalue weighted by Gasteiger charge is -2.24. The fourth-order valence-corrected chi connectivity index (χ4v) is 2.73. The number of nitrogens with one attached hydrogen (secondary N) is 2. The molecule has 2 rings (SSSR count). The quantitative estimate of drug-likeness (QED) is 0.379. The molecular formula is C18H31IN4O. The fourth-order valence-electron chi connectivity index (χ4n) is 2.73. The molecule has 6 heteroatoms. The number of ether oxygens (including phenoxy) is 1. The van der Waals surface area contributed by atoms with E-state index in [1.165, 1.54) is 32.1 Å². The van der Waals surface area contributed by atoms with Crippen molar-refractivity contribution in [3.05, 3.63) is 23.9 Å². The SMILES string of the molecule is CCCOc1ccc(CN=C(NCC)NC2CCCCC2)cn1.I. The number of rotatable bonds is 7. The lowest BCUT2D eigenvalue weighted by atomic mass is 9.96. The van der Waals surface area contributed by atoms with Gasteiger partial charge in [0.05, 0.1) is 13.2 Å². The molecule has 2 N–H and O–H groups in total. The van der Waals surface area contributed by atoms with Crippen molar-refractivity contribution < 1.29 is 4.74 Å².